The minimum absolute atomic E-state index is 0.201. The van der Waals surface area contributed by atoms with Crippen molar-refractivity contribution >= 4 is 22.3 Å². The number of hydrogen-bond donors (Lipinski definition) is 1. The summed E-state index contributed by atoms with van der Waals surface area (Å²) in [4.78, 5) is 9.25. The molecule has 1 N–H and O–H groups in total. The second-order valence-corrected chi connectivity index (χ2v) is 5.33. The molecule has 0 unspecified atom stereocenters. The number of anilines is 2. The van der Waals surface area contributed by atoms with E-state index in [1.807, 2.05) is 6.07 Å². The third-order valence-electron chi connectivity index (χ3n) is 4.23. The first-order valence-electron chi connectivity index (χ1n) is 7.47. The molecule has 112 valence electrons. The van der Waals surface area contributed by atoms with Gasteiger partial charge in [0.05, 0.1) is 11.9 Å². The number of nitrogens with one attached hydrogen (secondary N) is 1. The summed E-state index contributed by atoms with van der Waals surface area (Å²) in [5.74, 6) is 0.687. The number of aromatic nitrogens is 1. The number of likely N-dealkylation sites (N-methyl/N-ethyl adjacent to an activating group) is 1. The number of rotatable bonds is 3. The normalized spacial score (nSPS) is 16.4. The van der Waals surface area contributed by atoms with Crippen LogP contribution in [-0.4, -0.2) is 49.7 Å². The average Bonchev–Trinajstić information content (AvgIpc) is 2.54. The maximum Gasteiger partial charge on any atom is 0.136 e. The van der Waals surface area contributed by atoms with E-state index in [1.54, 1.807) is 19.3 Å². The van der Waals surface area contributed by atoms with Gasteiger partial charge in [0, 0.05) is 44.0 Å². The predicted octanol–water partition coefficient (Wildman–Crippen LogP) is 2.56. The number of pyridine rings is 1. The van der Waals surface area contributed by atoms with Crippen molar-refractivity contribution in [3.63, 3.8) is 0 Å². The molecule has 0 aliphatic carbocycles. The molecule has 1 aromatic heterocycles. The van der Waals surface area contributed by atoms with E-state index in [0.717, 1.165) is 49.6 Å². The fourth-order valence-corrected chi connectivity index (χ4v) is 2.96. The fourth-order valence-electron chi connectivity index (χ4n) is 2.96. The molecule has 1 aliphatic rings. The molecule has 1 aromatic carbocycles. The van der Waals surface area contributed by atoms with Gasteiger partial charge in [0.25, 0.3) is 0 Å². The zero-order valence-corrected chi connectivity index (χ0v) is 12.6. The zero-order chi connectivity index (χ0) is 14.8. The molecule has 4 nitrogen and oxygen atoms in total. The van der Waals surface area contributed by atoms with Gasteiger partial charge in [-0.15, -0.1) is 0 Å². The van der Waals surface area contributed by atoms with Gasteiger partial charge in [-0.2, -0.15) is 0 Å². The Morgan fingerprint density at radius 1 is 1.24 bits per heavy atom. The van der Waals surface area contributed by atoms with E-state index in [2.05, 4.69) is 27.0 Å². The highest BCUT2D eigenvalue weighted by Gasteiger charge is 2.20. The Morgan fingerprint density at radius 2 is 2.00 bits per heavy atom. The summed E-state index contributed by atoms with van der Waals surface area (Å²) < 4.78 is 14.2. The van der Waals surface area contributed by atoms with Crippen LogP contribution in [0, 0.1) is 5.82 Å². The zero-order valence-electron chi connectivity index (χ0n) is 12.6. The molecule has 1 saturated heterocycles. The molecule has 0 saturated carbocycles. The van der Waals surface area contributed by atoms with Gasteiger partial charge >= 0.3 is 0 Å². The van der Waals surface area contributed by atoms with Crippen LogP contribution in [0.2, 0.25) is 0 Å². The highest BCUT2D eigenvalue weighted by molar-refractivity contribution is 6.00. The minimum atomic E-state index is -0.201. The molecule has 5 heteroatoms. The Morgan fingerprint density at radius 3 is 2.67 bits per heavy atom. The highest BCUT2D eigenvalue weighted by atomic mass is 19.1. The monoisotopic (exact) mass is 288 g/mol. The Hall–Kier alpha value is -1.88. The third-order valence-corrected chi connectivity index (χ3v) is 4.23. The van der Waals surface area contributed by atoms with Crippen LogP contribution >= 0.6 is 0 Å². The van der Waals surface area contributed by atoms with Crippen LogP contribution in [0.15, 0.2) is 24.4 Å². The van der Waals surface area contributed by atoms with Crippen molar-refractivity contribution < 1.29 is 4.39 Å². The summed E-state index contributed by atoms with van der Waals surface area (Å²) in [7, 11) is 1.79. The van der Waals surface area contributed by atoms with E-state index >= 15 is 0 Å². The summed E-state index contributed by atoms with van der Waals surface area (Å²) in [5, 5.41) is 4.54. The van der Waals surface area contributed by atoms with Gasteiger partial charge in [0.2, 0.25) is 0 Å². The largest absolute Gasteiger partial charge is 0.386 e. The van der Waals surface area contributed by atoms with Crippen LogP contribution in [0.25, 0.3) is 10.8 Å². The van der Waals surface area contributed by atoms with E-state index in [4.69, 9.17) is 0 Å². The summed E-state index contributed by atoms with van der Waals surface area (Å²) in [5.41, 5.74) is 0.735. The summed E-state index contributed by atoms with van der Waals surface area (Å²) >= 11 is 0. The molecule has 1 fully saturated rings. The first-order valence-corrected chi connectivity index (χ1v) is 7.47. The van der Waals surface area contributed by atoms with E-state index in [9.17, 15) is 4.39 Å². The third kappa shape index (κ3) is 2.53. The van der Waals surface area contributed by atoms with Crippen LogP contribution in [0.3, 0.4) is 0 Å². The van der Waals surface area contributed by atoms with E-state index < -0.39 is 0 Å². The van der Waals surface area contributed by atoms with Gasteiger partial charge in [0.1, 0.15) is 11.6 Å². The lowest BCUT2D eigenvalue weighted by Crippen LogP contribution is -2.46. The lowest BCUT2D eigenvalue weighted by molar-refractivity contribution is 0.271. The molecule has 1 aliphatic heterocycles. The summed E-state index contributed by atoms with van der Waals surface area (Å²) in [6.07, 6.45) is 1.73. The molecule has 0 amide bonds. The predicted molar refractivity (Wildman–Crippen MR) is 85.6 cm³/mol. The molecule has 0 spiro atoms. The van der Waals surface area contributed by atoms with Gasteiger partial charge < -0.3 is 15.1 Å². The van der Waals surface area contributed by atoms with Gasteiger partial charge in [-0.3, -0.25) is 0 Å². The van der Waals surface area contributed by atoms with E-state index in [1.165, 1.54) is 6.07 Å². The maximum atomic E-state index is 14.2. The van der Waals surface area contributed by atoms with Crippen LogP contribution in [0.5, 0.6) is 0 Å². The topological polar surface area (TPSA) is 31.4 Å². The van der Waals surface area contributed by atoms with E-state index in [0.29, 0.717) is 5.39 Å². The fraction of sp³-hybridized carbons (Fsp3) is 0.438. The van der Waals surface area contributed by atoms with Crippen LogP contribution in [-0.2, 0) is 0 Å². The van der Waals surface area contributed by atoms with Crippen molar-refractivity contribution in [2.75, 3.05) is 50.0 Å². The first-order chi connectivity index (χ1) is 10.2. The molecule has 0 radical (unpaired) electrons. The van der Waals surface area contributed by atoms with Gasteiger partial charge in [-0.05, 0) is 12.6 Å². The van der Waals surface area contributed by atoms with Crippen molar-refractivity contribution in [3.05, 3.63) is 30.2 Å². The van der Waals surface area contributed by atoms with Gasteiger partial charge in [0.15, 0.2) is 0 Å². The van der Waals surface area contributed by atoms with Crippen molar-refractivity contribution in [1.29, 1.82) is 0 Å². The molecule has 0 atom stereocenters. The lowest BCUT2D eigenvalue weighted by atomic mass is 10.1. The maximum absolute atomic E-state index is 14.2. The van der Waals surface area contributed by atoms with Crippen molar-refractivity contribution in [1.82, 2.24) is 9.88 Å². The van der Waals surface area contributed by atoms with Crippen molar-refractivity contribution in [3.8, 4) is 0 Å². The Bertz CT molecular complexity index is 635. The number of nitrogens with zero attached hydrogens (tertiary/aromatic N) is 3. The second kappa shape index (κ2) is 5.85. The van der Waals surface area contributed by atoms with Crippen molar-refractivity contribution in [2.45, 2.75) is 6.92 Å². The highest BCUT2D eigenvalue weighted by Crippen LogP contribution is 2.32. The first kappa shape index (κ1) is 14.1. The number of halogens is 1. The number of fused-ring (bicyclic) bond motifs is 1. The summed E-state index contributed by atoms with van der Waals surface area (Å²) in [6, 6.07) is 5.21. The van der Waals surface area contributed by atoms with Crippen molar-refractivity contribution in [2.24, 2.45) is 0 Å². The van der Waals surface area contributed by atoms with Crippen LogP contribution < -0.4 is 10.2 Å². The molecule has 2 heterocycles. The quantitative estimate of drug-likeness (QED) is 0.940. The van der Waals surface area contributed by atoms with Gasteiger partial charge in [-0.1, -0.05) is 19.1 Å². The molecular formula is C16H21FN4. The Labute approximate surface area is 124 Å². The molecule has 3 rings (SSSR count). The smallest absolute Gasteiger partial charge is 0.136 e. The number of hydrogen-bond acceptors (Lipinski definition) is 4. The minimum Gasteiger partial charge on any atom is -0.386 e. The average molecular weight is 288 g/mol. The molecular weight excluding hydrogens is 267 g/mol. The SMILES string of the molecule is CCN1CCN(c2ncc(NC)c3c(F)cccc23)CC1. The van der Waals surface area contributed by atoms with E-state index in [-0.39, 0.29) is 5.82 Å². The van der Waals surface area contributed by atoms with Gasteiger partial charge in [-0.25, -0.2) is 9.37 Å². The standard InChI is InChI=1S/C16H21FN4/c1-3-20-7-9-21(10-8-20)16-12-5-4-6-13(17)15(12)14(18-2)11-19-16/h4-6,11,18H,3,7-10H2,1-2H3. The van der Waals surface area contributed by atoms with Crippen LogP contribution in [0.4, 0.5) is 15.9 Å². The molecule has 2 aromatic rings. The number of piperazine rings is 1. The second-order valence-electron chi connectivity index (χ2n) is 5.33. The molecule has 21 heavy (non-hydrogen) atoms. The Balaban J connectivity index is 2.02. The number of benzene rings is 1. The Kier molecular flexibility index (Phi) is 3.92. The lowest BCUT2D eigenvalue weighted by Gasteiger charge is -2.35. The molecule has 0 bridgehead atoms. The van der Waals surface area contributed by atoms with Crippen LogP contribution in [0.1, 0.15) is 6.92 Å². The summed E-state index contributed by atoms with van der Waals surface area (Å²) in [6.45, 7) is 7.19.